The summed E-state index contributed by atoms with van der Waals surface area (Å²) in [6, 6.07) is 3.95. The Balaban J connectivity index is 1.11. The van der Waals surface area contributed by atoms with Gasteiger partial charge in [0.1, 0.15) is 10.6 Å². The second kappa shape index (κ2) is 9.84. The molecule has 2 aliphatic rings. The molecule has 37 heavy (non-hydrogen) atoms. The SMILES string of the molecule is Cn1nc(NCC(=O)NC2CN([C@H]3CC[C@@](O)(c4nccs4)CC3)C2)c2cc(C(F)C(F)(F)F)ccc21. The van der Waals surface area contributed by atoms with E-state index in [0.29, 0.717) is 29.8 Å². The third-order valence-corrected chi connectivity index (χ3v) is 8.24. The molecule has 200 valence electrons. The highest BCUT2D eigenvalue weighted by Crippen LogP contribution is 2.40. The number of nitrogens with one attached hydrogen (secondary N) is 2. The largest absolute Gasteiger partial charge is 0.423 e. The molecule has 0 radical (unpaired) electrons. The average Bonchev–Trinajstić information content (AvgIpc) is 3.48. The molecule has 1 atom stereocenters. The number of likely N-dealkylation sites (tertiary alicyclic amines) is 1. The van der Waals surface area contributed by atoms with Crippen LogP contribution in [0.4, 0.5) is 23.4 Å². The summed E-state index contributed by atoms with van der Waals surface area (Å²) in [5.74, 6) is -0.0471. The number of hydrogen-bond acceptors (Lipinski definition) is 7. The van der Waals surface area contributed by atoms with Crippen molar-refractivity contribution in [1.82, 2.24) is 25.0 Å². The van der Waals surface area contributed by atoms with E-state index >= 15 is 0 Å². The third kappa shape index (κ3) is 5.30. The molecule has 2 fully saturated rings. The lowest BCUT2D eigenvalue weighted by atomic mass is 9.81. The first kappa shape index (κ1) is 25.9. The lowest BCUT2D eigenvalue weighted by Crippen LogP contribution is -2.63. The predicted octanol–water partition coefficient (Wildman–Crippen LogP) is 3.65. The fraction of sp³-hybridized carbons (Fsp3) is 0.542. The zero-order chi connectivity index (χ0) is 26.4. The minimum atomic E-state index is -5.00. The highest BCUT2D eigenvalue weighted by atomic mass is 32.1. The Morgan fingerprint density at radius 2 is 2.03 bits per heavy atom. The van der Waals surface area contributed by atoms with Gasteiger partial charge in [-0.1, -0.05) is 6.07 Å². The number of benzene rings is 1. The lowest BCUT2D eigenvalue weighted by molar-refractivity contribution is -0.182. The molecule has 8 nitrogen and oxygen atoms in total. The first-order valence-corrected chi connectivity index (χ1v) is 13.0. The quantitative estimate of drug-likeness (QED) is 0.396. The standard InChI is InChI=1S/C24H28F4N6O2S/c1-33-18-3-2-14(20(25)24(26,27)28)10-17(18)21(32-33)30-11-19(35)31-15-12-34(13-15)16-4-6-23(36,7-5-16)22-29-8-9-37-22/h2-3,8-10,15-16,20,36H,4-7,11-13H2,1H3,(H,30,32)(H,31,35)/t16-,20?,23-. The Morgan fingerprint density at radius 3 is 2.68 bits per heavy atom. The summed E-state index contributed by atoms with van der Waals surface area (Å²) >= 11 is 1.48. The number of amides is 1. The van der Waals surface area contributed by atoms with Crippen LogP contribution >= 0.6 is 11.3 Å². The van der Waals surface area contributed by atoms with Gasteiger partial charge in [0.25, 0.3) is 0 Å². The maximum absolute atomic E-state index is 13.8. The van der Waals surface area contributed by atoms with Crippen molar-refractivity contribution >= 4 is 34.0 Å². The normalized spacial score (nSPS) is 24.1. The van der Waals surface area contributed by atoms with Crippen molar-refractivity contribution in [2.24, 2.45) is 7.05 Å². The Hall–Kier alpha value is -2.77. The molecule has 0 bridgehead atoms. The zero-order valence-electron chi connectivity index (χ0n) is 20.1. The van der Waals surface area contributed by atoms with E-state index < -0.39 is 23.5 Å². The number of carbonyl (C=O) groups excluding carboxylic acids is 1. The highest BCUT2D eigenvalue weighted by Gasteiger charge is 2.42. The van der Waals surface area contributed by atoms with Crippen LogP contribution < -0.4 is 10.6 Å². The van der Waals surface area contributed by atoms with E-state index in [2.05, 4.69) is 25.6 Å². The number of aromatic nitrogens is 3. The van der Waals surface area contributed by atoms with Gasteiger partial charge in [-0.2, -0.15) is 18.3 Å². The fourth-order valence-corrected chi connectivity index (χ4v) is 6.01. The van der Waals surface area contributed by atoms with Gasteiger partial charge in [0, 0.05) is 43.1 Å². The Kier molecular flexibility index (Phi) is 6.88. The molecule has 1 aliphatic carbocycles. The fourth-order valence-electron chi connectivity index (χ4n) is 5.22. The summed E-state index contributed by atoms with van der Waals surface area (Å²) in [6.45, 7) is 1.32. The van der Waals surface area contributed by atoms with Crippen molar-refractivity contribution in [3.63, 3.8) is 0 Å². The molecular formula is C24H28F4N6O2S. The highest BCUT2D eigenvalue weighted by molar-refractivity contribution is 7.09. The van der Waals surface area contributed by atoms with Crippen LogP contribution in [-0.4, -0.2) is 68.6 Å². The summed E-state index contributed by atoms with van der Waals surface area (Å²) in [5, 5.41) is 23.9. The van der Waals surface area contributed by atoms with Gasteiger partial charge in [-0.3, -0.25) is 14.4 Å². The van der Waals surface area contributed by atoms with Crippen molar-refractivity contribution in [1.29, 1.82) is 0 Å². The summed E-state index contributed by atoms with van der Waals surface area (Å²) in [5.41, 5.74) is -0.837. The van der Waals surface area contributed by atoms with Gasteiger partial charge < -0.3 is 15.7 Å². The van der Waals surface area contributed by atoms with E-state index in [4.69, 9.17) is 0 Å². The summed E-state index contributed by atoms with van der Waals surface area (Å²) in [4.78, 5) is 19.1. The maximum Gasteiger partial charge on any atom is 0.423 e. The second-order valence-electron chi connectivity index (χ2n) is 9.82. The van der Waals surface area contributed by atoms with Crippen LogP contribution in [0.25, 0.3) is 10.9 Å². The first-order chi connectivity index (χ1) is 17.5. The van der Waals surface area contributed by atoms with Crippen LogP contribution in [0.2, 0.25) is 0 Å². The Labute approximate surface area is 214 Å². The van der Waals surface area contributed by atoms with Crippen LogP contribution in [0.1, 0.15) is 42.4 Å². The van der Waals surface area contributed by atoms with Crippen molar-refractivity contribution in [3.8, 4) is 0 Å². The van der Waals surface area contributed by atoms with E-state index in [0.717, 1.165) is 43.1 Å². The number of carbonyl (C=O) groups is 1. The monoisotopic (exact) mass is 540 g/mol. The van der Waals surface area contributed by atoms with Gasteiger partial charge in [0.15, 0.2) is 5.82 Å². The third-order valence-electron chi connectivity index (χ3n) is 7.27. The lowest BCUT2D eigenvalue weighted by Gasteiger charge is -2.47. The number of halogens is 4. The number of alkyl halides is 4. The molecule has 13 heteroatoms. The number of anilines is 1. The molecule has 3 aromatic rings. The Bertz CT molecular complexity index is 1250. The number of thiazole rings is 1. The molecule has 2 aromatic heterocycles. The number of aryl methyl sites for hydroxylation is 1. The van der Waals surface area contributed by atoms with E-state index in [9.17, 15) is 27.5 Å². The molecule has 3 N–H and O–H groups in total. The van der Waals surface area contributed by atoms with E-state index in [1.54, 1.807) is 13.2 Å². The number of hydrogen-bond donors (Lipinski definition) is 3. The average molecular weight is 541 g/mol. The molecule has 1 amide bonds. The van der Waals surface area contributed by atoms with Crippen molar-refractivity contribution in [2.45, 2.75) is 55.7 Å². The van der Waals surface area contributed by atoms with Crippen LogP contribution in [0, 0.1) is 0 Å². The van der Waals surface area contributed by atoms with Gasteiger partial charge in [-0.25, -0.2) is 9.37 Å². The van der Waals surface area contributed by atoms with Crippen LogP contribution in [-0.2, 0) is 17.4 Å². The topological polar surface area (TPSA) is 95.3 Å². The van der Waals surface area contributed by atoms with Gasteiger partial charge in [0.2, 0.25) is 12.1 Å². The predicted molar refractivity (Wildman–Crippen MR) is 131 cm³/mol. The van der Waals surface area contributed by atoms with Crippen molar-refractivity contribution in [3.05, 3.63) is 40.3 Å². The van der Waals surface area contributed by atoms with Crippen molar-refractivity contribution < 1.29 is 27.5 Å². The molecule has 3 heterocycles. The second-order valence-corrected chi connectivity index (χ2v) is 10.7. The molecule has 1 aliphatic heterocycles. The van der Waals surface area contributed by atoms with Gasteiger partial charge in [-0.05, 0) is 43.4 Å². The van der Waals surface area contributed by atoms with Crippen LogP contribution in [0.3, 0.4) is 0 Å². The number of aliphatic hydroxyl groups is 1. The molecular weight excluding hydrogens is 512 g/mol. The smallest absolute Gasteiger partial charge is 0.383 e. The van der Waals surface area contributed by atoms with Gasteiger partial charge in [-0.15, -0.1) is 11.3 Å². The molecule has 5 rings (SSSR count). The molecule has 0 spiro atoms. The summed E-state index contributed by atoms with van der Waals surface area (Å²) < 4.78 is 53.7. The zero-order valence-corrected chi connectivity index (χ0v) is 20.9. The molecule has 1 unspecified atom stereocenters. The minimum absolute atomic E-state index is 0.000216. The number of nitrogens with zero attached hydrogens (tertiary/aromatic N) is 4. The summed E-state index contributed by atoms with van der Waals surface area (Å²) in [7, 11) is 1.62. The molecule has 1 saturated carbocycles. The first-order valence-electron chi connectivity index (χ1n) is 12.1. The molecule has 1 aromatic carbocycles. The van der Waals surface area contributed by atoms with E-state index in [-0.39, 0.29) is 24.3 Å². The van der Waals surface area contributed by atoms with Crippen LogP contribution in [0.15, 0.2) is 29.8 Å². The molecule has 1 saturated heterocycles. The van der Waals surface area contributed by atoms with E-state index in [1.165, 1.54) is 22.1 Å². The number of rotatable bonds is 7. The Morgan fingerprint density at radius 1 is 1.30 bits per heavy atom. The number of fused-ring (bicyclic) bond motifs is 1. The minimum Gasteiger partial charge on any atom is -0.383 e. The van der Waals surface area contributed by atoms with Crippen molar-refractivity contribution in [2.75, 3.05) is 25.0 Å². The summed E-state index contributed by atoms with van der Waals surface area (Å²) in [6.07, 6.45) is -3.34. The van der Waals surface area contributed by atoms with Gasteiger partial charge in [0.05, 0.1) is 18.1 Å². The van der Waals surface area contributed by atoms with Gasteiger partial charge >= 0.3 is 6.18 Å². The van der Waals surface area contributed by atoms with E-state index in [1.807, 2.05) is 5.38 Å². The van der Waals surface area contributed by atoms with Crippen LogP contribution in [0.5, 0.6) is 0 Å². The maximum atomic E-state index is 13.8.